The maximum absolute atomic E-state index is 6.80. The average Bonchev–Trinajstić information content (AvgIpc) is 3.80. The van der Waals surface area contributed by atoms with Crippen LogP contribution in [0, 0.1) is 0 Å². The van der Waals surface area contributed by atoms with E-state index in [1.165, 1.54) is 60.8 Å². The molecule has 0 N–H and O–H groups in total. The van der Waals surface area contributed by atoms with Gasteiger partial charge in [0.1, 0.15) is 11.2 Å². The molecular weight excluding hydrogens is 799 g/mol. The van der Waals surface area contributed by atoms with Crippen LogP contribution in [0.2, 0.25) is 0 Å². The lowest BCUT2D eigenvalue weighted by Crippen LogP contribution is -2.10. The second-order valence-corrected chi connectivity index (χ2v) is 16.8. The second kappa shape index (κ2) is 16.8. The number of anilines is 3. The molecule has 2 heteroatoms. The highest BCUT2D eigenvalue weighted by Crippen LogP contribution is 2.47. The molecule has 310 valence electrons. The van der Waals surface area contributed by atoms with E-state index in [4.69, 9.17) is 4.42 Å². The lowest BCUT2D eigenvalue weighted by Gasteiger charge is -2.27. The first-order valence-electron chi connectivity index (χ1n) is 22.6. The topological polar surface area (TPSA) is 16.4 Å². The van der Waals surface area contributed by atoms with Gasteiger partial charge in [0.05, 0.1) is 11.1 Å². The van der Waals surface area contributed by atoms with E-state index in [0.717, 1.165) is 55.7 Å². The molecule has 0 aliphatic heterocycles. The average molecular weight is 842 g/mol. The molecule has 0 bridgehead atoms. The van der Waals surface area contributed by atoms with Gasteiger partial charge >= 0.3 is 0 Å². The van der Waals surface area contributed by atoms with Crippen molar-refractivity contribution in [3.8, 4) is 66.8 Å². The predicted octanol–water partition coefficient (Wildman–Crippen LogP) is 18.2. The summed E-state index contributed by atoms with van der Waals surface area (Å²) in [6.45, 7) is 0. The van der Waals surface area contributed by atoms with Crippen LogP contribution in [0.3, 0.4) is 0 Å². The van der Waals surface area contributed by atoms with Gasteiger partial charge < -0.3 is 9.32 Å². The van der Waals surface area contributed by atoms with Gasteiger partial charge in [-0.2, -0.15) is 0 Å². The third-order valence-electron chi connectivity index (χ3n) is 12.9. The summed E-state index contributed by atoms with van der Waals surface area (Å²) >= 11 is 0. The fourth-order valence-electron chi connectivity index (χ4n) is 9.74. The van der Waals surface area contributed by atoms with Gasteiger partial charge in [-0.15, -0.1) is 0 Å². The van der Waals surface area contributed by atoms with Crippen molar-refractivity contribution in [2.75, 3.05) is 4.90 Å². The minimum absolute atomic E-state index is 0.863. The van der Waals surface area contributed by atoms with Crippen molar-refractivity contribution in [3.05, 3.63) is 261 Å². The van der Waals surface area contributed by atoms with E-state index in [0.29, 0.717) is 0 Å². The van der Waals surface area contributed by atoms with Crippen molar-refractivity contribution in [3.63, 3.8) is 0 Å². The van der Waals surface area contributed by atoms with Crippen LogP contribution in [0.1, 0.15) is 0 Å². The first-order chi connectivity index (χ1) is 32.7. The van der Waals surface area contributed by atoms with Crippen molar-refractivity contribution in [1.29, 1.82) is 0 Å². The first kappa shape index (κ1) is 38.9. The summed E-state index contributed by atoms with van der Waals surface area (Å²) in [5.74, 6) is 0. The number of fused-ring (bicyclic) bond motifs is 4. The molecule has 0 fully saturated rings. The Bertz CT molecular complexity index is 3660. The number of hydrogen-bond acceptors (Lipinski definition) is 2. The van der Waals surface area contributed by atoms with E-state index in [1.54, 1.807) is 0 Å². The highest BCUT2D eigenvalue weighted by atomic mass is 16.3. The Morgan fingerprint density at radius 1 is 0.273 bits per heavy atom. The minimum atomic E-state index is 0.863. The summed E-state index contributed by atoms with van der Waals surface area (Å²) in [5, 5.41) is 4.63. The van der Waals surface area contributed by atoms with Crippen LogP contribution < -0.4 is 4.90 Å². The van der Waals surface area contributed by atoms with E-state index >= 15 is 0 Å². The van der Waals surface area contributed by atoms with Crippen LogP contribution in [0.5, 0.6) is 0 Å². The molecule has 2 nitrogen and oxygen atoms in total. The predicted molar refractivity (Wildman–Crippen MR) is 279 cm³/mol. The molecule has 1 heterocycles. The van der Waals surface area contributed by atoms with Crippen LogP contribution in [0.4, 0.5) is 17.1 Å². The Morgan fingerprint density at radius 2 is 0.742 bits per heavy atom. The fourth-order valence-corrected chi connectivity index (χ4v) is 9.74. The lowest BCUT2D eigenvalue weighted by molar-refractivity contribution is 0.670. The van der Waals surface area contributed by atoms with Gasteiger partial charge in [-0.05, 0) is 121 Å². The minimum Gasteiger partial charge on any atom is -0.455 e. The summed E-state index contributed by atoms with van der Waals surface area (Å²) < 4.78 is 6.80. The van der Waals surface area contributed by atoms with Crippen molar-refractivity contribution < 1.29 is 4.42 Å². The molecule has 12 aromatic rings. The highest BCUT2D eigenvalue weighted by Gasteiger charge is 2.23. The molecule has 1 aromatic heterocycles. The third-order valence-corrected chi connectivity index (χ3v) is 12.9. The van der Waals surface area contributed by atoms with Crippen molar-refractivity contribution in [1.82, 2.24) is 0 Å². The SMILES string of the molecule is c1ccc(-c2ccc(-c3ccccc3-c3ccc(N(c4ccc(-c5cccc6ccccc56)cc4)c4ccc(-c5ccccc5)c5oc6ccccc6c45)cc3)c(-c3ccccc3)c2)cc1. The van der Waals surface area contributed by atoms with E-state index in [1.807, 2.05) is 6.07 Å². The fraction of sp³-hybridized carbons (Fsp3) is 0. The summed E-state index contributed by atoms with van der Waals surface area (Å²) in [6.07, 6.45) is 0. The van der Waals surface area contributed by atoms with Crippen molar-refractivity contribution >= 4 is 49.8 Å². The molecule has 0 amide bonds. The molecule has 0 saturated carbocycles. The summed E-state index contributed by atoms with van der Waals surface area (Å²) in [7, 11) is 0. The highest BCUT2D eigenvalue weighted by molar-refractivity contribution is 6.17. The quantitative estimate of drug-likeness (QED) is 0.144. The number of rotatable bonds is 9. The second-order valence-electron chi connectivity index (χ2n) is 16.8. The van der Waals surface area contributed by atoms with Crippen LogP contribution in [0.25, 0.3) is 99.5 Å². The maximum atomic E-state index is 6.80. The molecule has 0 aliphatic rings. The number of benzene rings is 11. The Labute approximate surface area is 384 Å². The van der Waals surface area contributed by atoms with E-state index in [2.05, 4.69) is 260 Å². The molecule has 0 aliphatic carbocycles. The summed E-state index contributed by atoms with van der Waals surface area (Å²) in [6, 6.07) is 93.7. The maximum Gasteiger partial charge on any atom is 0.145 e. The van der Waals surface area contributed by atoms with Gasteiger partial charge in [-0.3, -0.25) is 0 Å². The number of nitrogens with zero attached hydrogens (tertiary/aromatic N) is 1. The lowest BCUT2D eigenvalue weighted by atomic mass is 9.87. The Balaban J connectivity index is 1.01. The van der Waals surface area contributed by atoms with Crippen molar-refractivity contribution in [2.24, 2.45) is 0 Å². The molecule has 0 unspecified atom stereocenters. The van der Waals surface area contributed by atoms with Gasteiger partial charge in [0.25, 0.3) is 0 Å². The standard InChI is InChI=1S/C64H43NO/c1-4-17-44(18-5-1)50-35-40-58(60(43-50)47-21-8-3-9-22-47)57-27-13-12-26-55(57)49-33-38-52(39-34-49)65(51-36-31-48(32-37-51)54-29-16-24-45-23-10-11-25-53(45)54)61-42-41-56(46-19-6-2-7-20-46)64-63(61)59-28-14-15-30-62(59)66-64/h1-43H. The molecule has 0 radical (unpaired) electrons. The molecule has 0 spiro atoms. The van der Waals surface area contributed by atoms with Crippen LogP contribution in [-0.4, -0.2) is 0 Å². The molecule has 0 atom stereocenters. The zero-order valence-corrected chi connectivity index (χ0v) is 36.2. The Kier molecular flexibility index (Phi) is 9.89. The summed E-state index contributed by atoms with van der Waals surface area (Å²) in [5.41, 5.74) is 18.9. The van der Waals surface area contributed by atoms with Crippen LogP contribution in [0.15, 0.2) is 265 Å². The molecule has 0 saturated heterocycles. The van der Waals surface area contributed by atoms with Crippen molar-refractivity contribution in [2.45, 2.75) is 0 Å². The van der Waals surface area contributed by atoms with Crippen LogP contribution >= 0.6 is 0 Å². The van der Waals surface area contributed by atoms with E-state index in [-0.39, 0.29) is 0 Å². The Morgan fingerprint density at radius 3 is 1.44 bits per heavy atom. The molecule has 11 aromatic carbocycles. The zero-order valence-electron chi connectivity index (χ0n) is 36.2. The molecule has 12 rings (SSSR count). The monoisotopic (exact) mass is 841 g/mol. The molecule has 66 heavy (non-hydrogen) atoms. The summed E-state index contributed by atoms with van der Waals surface area (Å²) in [4.78, 5) is 2.39. The van der Waals surface area contributed by atoms with Gasteiger partial charge in [0, 0.05) is 22.3 Å². The van der Waals surface area contributed by atoms with E-state index < -0.39 is 0 Å². The van der Waals surface area contributed by atoms with Gasteiger partial charge in [-0.1, -0.05) is 212 Å². The number of para-hydroxylation sites is 1. The first-order valence-corrected chi connectivity index (χ1v) is 22.6. The Hall–Kier alpha value is -8.72. The smallest absolute Gasteiger partial charge is 0.145 e. The third kappa shape index (κ3) is 7.02. The number of hydrogen-bond donors (Lipinski definition) is 0. The van der Waals surface area contributed by atoms with Gasteiger partial charge in [0.2, 0.25) is 0 Å². The van der Waals surface area contributed by atoms with E-state index in [9.17, 15) is 0 Å². The largest absolute Gasteiger partial charge is 0.455 e. The zero-order chi connectivity index (χ0) is 43.8. The van der Waals surface area contributed by atoms with Gasteiger partial charge in [0.15, 0.2) is 0 Å². The van der Waals surface area contributed by atoms with Gasteiger partial charge in [-0.25, -0.2) is 0 Å². The number of furan rings is 1. The van der Waals surface area contributed by atoms with Crippen LogP contribution in [-0.2, 0) is 0 Å². The molecular formula is C64H43NO. The normalized spacial score (nSPS) is 11.3.